The molecule has 5 heteroatoms. The molecule has 0 saturated carbocycles. The van der Waals surface area contributed by atoms with Gasteiger partial charge in [0.05, 0.1) is 5.69 Å². The van der Waals surface area contributed by atoms with Crippen LogP contribution in [-0.2, 0) is 0 Å². The SMILES string of the molecule is CCN(CC)C(=O)c1cc(Nc2ccc(C)cc2Br)ccn1. The Bertz CT molecular complexity index is 669. The van der Waals surface area contributed by atoms with Crippen molar-refractivity contribution in [3.63, 3.8) is 0 Å². The van der Waals surface area contributed by atoms with Gasteiger partial charge >= 0.3 is 0 Å². The smallest absolute Gasteiger partial charge is 0.272 e. The predicted molar refractivity (Wildman–Crippen MR) is 93.7 cm³/mol. The number of halogens is 1. The number of amides is 1. The Morgan fingerprint density at radius 2 is 1.95 bits per heavy atom. The summed E-state index contributed by atoms with van der Waals surface area (Å²) in [6.07, 6.45) is 1.65. The maximum absolute atomic E-state index is 12.3. The third-order valence-electron chi connectivity index (χ3n) is 3.43. The van der Waals surface area contributed by atoms with Gasteiger partial charge in [-0.2, -0.15) is 0 Å². The molecule has 2 aromatic rings. The molecule has 0 aliphatic heterocycles. The Balaban J connectivity index is 2.23. The molecule has 1 N–H and O–H groups in total. The summed E-state index contributed by atoms with van der Waals surface area (Å²) in [5.41, 5.74) is 3.44. The number of nitrogens with zero attached hydrogens (tertiary/aromatic N) is 2. The van der Waals surface area contributed by atoms with Crippen molar-refractivity contribution < 1.29 is 4.79 Å². The van der Waals surface area contributed by atoms with Gasteiger partial charge in [-0.25, -0.2) is 0 Å². The van der Waals surface area contributed by atoms with Crippen LogP contribution in [0.25, 0.3) is 0 Å². The topological polar surface area (TPSA) is 45.2 Å². The molecule has 0 aliphatic carbocycles. The number of hydrogen-bond donors (Lipinski definition) is 1. The number of anilines is 2. The third kappa shape index (κ3) is 3.85. The third-order valence-corrected chi connectivity index (χ3v) is 4.09. The first-order valence-corrected chi connectivity index (χ1v) is 8.13. The number of aromatic nitrogens is 1. The van der Waals surface area contributed by atoms with Crippen molar-refractivity contribution in [2.45, 2.75) is 20.8 Å². The van der Waals surface area contributed by atoms with Crippen molar-refractivity contribution in [2.24, 2.45) is 0 Å². The molecule has 0 saturated heterocycles. The molecule has 0 fully saturated rings. The molecule has 22 heavy (non-hydrogen) atoms. The molecular weight excluding hydrogens is 342 g/mol. The molecule has 116 valence electrons. The molecular formula is C17H20BrN3O. The maximum atomic E-state index is 12.3. The van der Waals surface area contributed by atoms with Crippen molar-refractivity contribution in [1.29, 1.82) is 0 Å². The summed E-state index contributed by atoms with van der Waals surface area (Å²) < 4.78 is 0.987. The van der Waals surface area contributed by atoms with Crippen molar-refractivity contribution in [3.05, 3.63) is 52.3 Å². The molecule has 4 nitrogen and oxygen atoms in total. The second-order valence-corrected chi connectivity index (χ2v) is 5.87. The van der Waals surface area contributed by atoms with Crippen LogP contribution < -0.4 is 5.32 Å². The number of pyridine rings is 1. The molecule has 1 amide bonds. The summed E-state index contributed by atoms with van der Waals surface area (Å²) in [6.45, 7) is 7.33. The van der Waals surface area contributed by atoms with Gasteiger partial charge in [0.1, 0.15) is 5.69 Å². The summed E-state index contributed by atoms with van der Waals surface area (Å²) >= 11 is 3.54. The fourth-order valence-electron chi connectivity index (χ4n) is 2.18. The normalized spacial score (nSPS) is 10.4. The number of benzene rings is 1. The van der Waals surface area contributed by atoms with Crippen molar-refractivity contribution in [2.75, 3.05) is 18.4 Å². The predicted octanol–water partition coefficient (Wildman–Crippen LogP) is 4.38. The van der Waals surface area contributed by atoms with Gasteiger partial charge < -0.3 is 10.2 Å². The van der Waals surface area contributed by atoms with Crippen molar-refractivity contribution >= 4 is 33.2 Å². The zero-order chi connectivity index (χ0) is 16.1. The van der Waals surface area contributed by atoms with Gasteiger partial charge in [-0.1, -0.05) is 6.07 Å². The highest BCUT2D eigenvalue weighted by Gasteiger charge is 2.14. The molecule has 2 rings (SSSR count). The lowest BCUT2D eigenvalue weighted by atomic mass is 10.2. The Morgan fingerprint density at radius 3 is 2.59 bits per heavy atom. The summed E-state index contributed by atoms with van der Waals surface area (Å²) in [4.78, 5) is 18.3. The number of nitrogens with one attached hydrogen (secondary N) is 1. The summed E-state index contributed by atoms with van der Waals surface area (Å²) in [7, 11) is 0. The van der Waals surface area contributed by atoms with Crippen LogP contribution in [0.5, 0.6) is 0 Å². The fraction of sp³-hybridized carbons (Fsp3) is 0.294. The Morgan fingerprint density at radius 1 is 1.23 bits per heavy atom. The van der Waals surface area contributed by atoms with Crippen LogP contribution in [-0.4, -0.2) is 28.9 Å². The summed E-state index contributed by atoms with van der Waals surface area (Å²) in [5.74, 6) is -0.0448. The van der Waals surface area contributed by atoms with E-state index < -0.39 is 0 Å². The second-order valence-electron chi connectivity index (χ2n) is 5.02. The first kappa shape index (κ1) is 16.5. The largest absolute Gasteiger partial charge is 0.354 e. The van der Waals surface area contributed by atoms with Gasteiger partial charge in [-0.15, -0.1) is 0 Å². The summed E-state index contributed by atoms with van der Waals surface area (Å²) in [5, 5.41) is 3.31. The zero-order valence-corrected chi connectivity index (χ0v) is 14.6. The van der Waals surface area contributed by atoms with E-state index in [-0.39, 0.29) is 5.91 Å². The monoisotopic (exact) mass is 361 g/mol. The minimum Gasteiger partial charge on any atom is -0.354 e. The van der Waals surface area contributed by atoms with E-state index in [1.807, 2.05) is 45.0 Å². The molecule has 0 aliphatic rings. The fourth-order valence-corrected chi connectivity index (χ4v) is 2.77. The minimum atomic E-state index is -0.0448. The van der Waals surface area contributed by atoms with Crippen LogP contribution in [0.15, 0.2) is 41.0 Å². The van der Waals surface area contributed by atoms with Gasteiger partial charge in [-0.05, 0) is 66.5 Å². The maximum Gasteiger partial charge on any atom is 0.272 e. The van der Waals surface area contributed by atoms with Gasteiger partial charge in [0, 0.05) is 29.4 Å². The Hall–Kier alpha value is -1.88. The van der Waals surface area contributed by atoms with Crippen LogP contribution in [0.3, 0.4) is 0 Å². The minimum absolute atomic E-state index is 0.0448. The average molecular weight is 362 g/mol. The van der Waals surface area contributed by atoms with E-state index in [0.717, 1.165) is 15.8 Å². The van der Waals surface area contributed by atoms with E-state index in [2.05, 4.69) is 26.2 Å². The van der Waals surface area contributed by atoms with Crippen LogP contribution in [0, 0.1) is 6.92 Å². The van der Waals surface area contributed by atoms with E-state index in [0.29, 0.717) is 18.8 Å². The lowest BCUT2D eigenvalue weighted by Gasteiger charge is -2.18. The Labute approximate surface area is 139 Å². The van der Waals surface area contributed by atoms with E-state index in [4.69, 9.17) is 0 Å². The first-order valence-electron chi connectivity index (χ1n) is 7.33. The molecule has 1 heterocycles. The Kier molecular flexibility index (Phi) is 5.55. The quantitative estimate of drug-likeness (QED) is 0.859. The number of hydrogen-bond acceptors (Lipinski definition) is 3. The van der Waals surface area contributed by atoms with Crippen LogP contribution in [0.2, 0.25) is 0 Å². The first-order chi connectivity index (χ1) is 10.5. The number of carbonyl (C=O) groups is 1. The van der Waals surface area contributed by atoms with E-state index >= 15 is 0 Å². The number of rotatable bonds is 5. The molecule has 0 unspecified atom stereocenters. The highest BCUT2D eigenvalue weighted by molar-refractivity contribution is 9.10. The number of aryl methyl sites for hydroxylation is 1. The van der Waals surface area contributed by atoms with E-state index in [9.17, 15) is 4.79 Å². The van der Waals surface area contributed by atoms with Crippen LogP contribution >= 0.6 is 15.9 Å². The van der Waals surface area contributed by atoms with Crippen LogP contribution in [0.4, 0.5) is 11.4 Å². The second kappa shape index (κ2) is 7.40. The molecule has 0 bridgehead atoms. The average Bonchev–Trinajstić information content (AvgIpc) is 2.51. The standard InChI is InChI=1S/C17H20BrN3O/c1-4-21(5-2)17(22)16-11-13(8-9-19-16)20-15-7-6-12(3)10-14(15)18/h6-11H,4-5H2,1-3H3,(H,19,20). The van der Waals surface area contributed by atoms with Crippen LogP contribution in [0.1, 0.15) is 29.9 Å². The van der Waals surface area contributed by atoms with Gasteiger partial charge in [0.2, 0.25) is 0 Å². The molecule has 0 radical (unpaired) electrons. The molecule has 0 atom stereocenters. The van der Waals surface area contributed by atoms with Gasteiger partial charge in [0.15, 0.2) is 0 Å². The summed E-state index contributed by atoms with van der Waals surface area (Å²) in [6, 6.07) is 9.73. The molecule has 1 aromatic carbocycles. The highest BCUT2D eigenvalue weighted by atomic mass is 79.9. The van der Waals surface area contributed by atoms with Gasteiger partial charge in [-0.3, -0.25) is 9.78 Å². The van der Waals surface area contributed by atoms with Crippen molar-refractivity contribution in [3.8, 4) is 0 Å². The molecule has 0 spiro atoms. The zero-order valence-electron chi connectivity index (χ0n) is 13.1. The number of carbonyl (C=O) groups excluding carboxylic acids is 1. The lowest BCUT2D eigenvalue weighted by Crippen LogP contribution is -2.31. The lowest BCUT2D eigenvalue weighted by molar-refractivity contribution is 0.0767. The van der Waals surface area contributed by atoms with E-state index in [1.165, 1.54) is 5.56 Å². The van der Waals surface area contributed by atoms with Crippen molar-refractivity contribution in [1.82, 2.24) is 9.88 Å². The highest BCUT2D eigenvalue weighted by Crippen LogP contribution is 2.26. The van der Waals surface area contributed by atoms with Gasteiger partial charge in [0.25, 0.3) is 5.91 Å². The van der Waals surface area contributed by atoms with E-state index in [1.54, 1.807) is 17.2 Å². The molecule has 1 aromatic heterocycles.